The molecular weight excluding hydrogens is 212 g/mol. The predicted molar refractivity (Wildman–Crippen MR) is 68.3 cm³/mol. The van der Waals surface area contributed by atoms with Gasteiger partial charge in [-0.05, 0) is 55.4 Å². The van der Waals surface area contributed by atoms with E-state index in [-0.39, 0.29) is 6.03 Å². The van der Waals surface area contributed by atoms with Crippen molar-refractivity contribution in [3.05, 3.63) is 29.3 Å². The van der Waals surface area contributed by atoms with Gasteiger partial charge in [0.05, 0.1) is 0 Å². The zero-order chi connectivity index (χ0) is 11.7. The van der Waals surface area contributed by atoms with Crippen LogP contribution in [0.5, 0.6) is 0 Å². The number of nitrogens with zero attached hydrogens (tertiary/aromatic N) is 1. The lowest BCUT2D eigenvalue weighted by Gasteiger charge is -2.16. The summed E-state index contributed by atoms with van der Waals surface area (Å²) in [5, 5.41) is 3.00. The van der Waals surface area contributed by atoms with Crippen LogP contribution in [0.25, 0.3) is 0 Å². The third-order valence-electron chi connectivity index (χ3n) is 3.74. The molecular formula is C14H18N2O. The zero-order valence-electron chi connectivity index (χ0n) is 10.0. The molecule has 1 aliphatic carbocycles. The van der Waals surface area contributed by atoms with Crippen LogP contribution < -0.4 is 5.32 Å². The first kappa shape index (κ1) is 10.6. The van der Waals surface area contributed by atoms with Crippen molar-refractivity contribution in [1.82, 2.24) is 4.90 Å². The second-order valence-corrected chi connectivity index (χ2v) is 4.96. The molecule has 3 rings (SSSR count). The Hall–Kier alpha value is -1.51. The van der Waals surface area contributed by atoms with Gasteiger partial charge in [-0.2, -0.15) is 0 Å². The van der Waals surface area contributed by atoms with Crippen molar-refractivity contribution in [1.29, 1.82) is 0 Å². The topological polar surface area (TPSA) is 32.3 Å². The molecule has 0 aromatic heterocycles. The molecule has 1 aromatic rings. The SMILES string of the molecule is O=C(Nc1ccc2c(c1)CCC2)N1CCCC1. The van der Waals surface area contributed by atoms with Crippen molar-refractivity contribution in [3.63, 3.8) is 0 Å². The number of fused-ring (bicyclic) bond motifs is 1. The van der Waals surface area contributed by atoms with Crippen molar-refractivity contribution >= 4 is 11.7 Å². The highest BCUT2D eigenvalue weighted by Gasteiger charge is 2.18. The molecule has 0 saturated carbocycles. The summed E-state index contributed by atoms with van der Waals surface area (Å²) in [5.41, 5.74) is 3.80. The number of hydrogen-bond acceptors (Lipinski definition) is 1. The third kappa shape index (κ3) is 2.14. The molecule has 0 atom stereocenters. The van der Waals surface area contributed by atoms with Gasteiger partial charge in [0, 0.05) is 18.8 Å². The lowest BCUT2D eigenvalue weighted by molar-refractivity contribution is 0.222. The quantitative estimate of drug-likeness (QED) is 0.790. The molecule has 1 fully saturated rings. The fourth-order valence-electron chi connectivity index (χ4n) is 2.77. The largest absolute Gasteiger partial charge is 0.325 e. The van der Waals surface area contributed by atoms with E-state index < -0.39 is 0 Å². The van der Waals surface area contributed by atoms with Gasteiger partial charge in [-0.15, -0.1) is 0 Å². The van der Waals surface area contributed by atoms with E-state index in [9.17, 15) is 4.79 Å². The van der Waals surface area contributed by atoms with Crippen LogP contribution in [-0.2, 0) is 12.8 Å². The van der Waals surface area contributed by atoms with Crippen LogP contribution in [0, 0.1) is 0 Å². The molecule has 17 heavy (non-hydrogen) atoms. The summed E-state index contributed by atoms with van der Waals surface area (Å²) < 4.78 is 0. The number of aryl methyl sites for hydroxylation is 2. The predicted octanol–water partition coefficient (Wildman–Crippen LogP) is 2.80. The maximum Gasteiger partial charge on any atom is 0.321 e. The van der Waals surface area contributed by atoms with Crippen LogP contribution >= 0.6 is 0 Å². The van der Waals surface area contributed by atoms with Crippen molar-refractivity contribution in [2.24, 2.45) is 0 Å². The number of likely N-dealkylation sites (tertiary alicyclic amines) is 1. The number of carbonyl (C=O) groups excluding carboxylic acids is 1. The van der Waals surface area contributed by atoms with Gasteiger partial charge in [0.25, 0.3) is 0 Å². The fourth-order valence-corrected chi connectivity index (χ4v) is 2.77. The zero-order valence-corrected chi connectivity index (χ0v) is 10.0. The molecule has 0 unspecified atom stereocenters. The molecule has 0 bridgehead atoms. The molecule has 3 heteroatoms. The van der Waals surface area contributed by atoms with Crippen LogP contribution in [0.1, 0.15) is 30.4 Å². The maximum atomic E-state index is 11.9. The van der Waals surface area contributed by atoms with Gasteiger partial charge in [-0.1, -0.05) is 6.07 Å². The minimum absolute atomic E-state index is 0.0560. The van der Waals surface area contributed by atoms with Gasteiger partial charge in [-0.3, -0.25) is 0 Å². The van der Waals surface area contributed by atoms with E-state index in [1.807, 2.05) is 11.0 Å². The number of hydrogen-bond donors (Lipinski definition) is 1. The van der Waals surface area contributed by atoms with Crippen LogP contribution in [-0.4, -0.2) is 24.0 Å². The van der Waals surface area contributed by atoms with Gasteiger partial charge in [0.15, 0.2) is 0 Å². The lowest BCUT2D eigenvalue weighted by atomic mass is 10.1. The van der Waals surface area contributed by atoms with E-state index in [1.165, 1.54) is 24.0 Å². The Bertz CT molecular complexity index is 436. The normalized spacial score (nSPS) is 18.2. The van der Waals surface area contributed by atoms with E-state index in [0.29, 0.717) is 0 Å². The monoisotopic (exact) mass is 230 g/mol. The van der Waals surface area contributed by atoms with Crippen molar-refractivity contribution in [2.75, 3.05) is 18.4 Å². The number of urea groups is 1. The number of benzene rings is 1. The van der Waals surface area contributed by atoms with E-state index in [0.717, 1.165) is 38.0 Å². The fraction of sp³-hybridized carbons (Fsp3) is 0.500. The summed E-state index contributed by atoms with van der Waals surface area (Å²) in [7, 11) is 0. The van der Waals surface area contributed by atoms with E-state index >= 15 is 0 Å². The second-order valence-electron chi connectivity index (χ2n) is 4.96. The van der Waals surface area contributed by atoms with Gasteiger partial charge < -0.3 is 10.2 Å². The number of nitrogens with one attached hydrogen (secondary N) is 1. The molecule has 1 aliphatic heterocycles. The van der Waals surface area contributed by atoms with Crippen LogP contribution in [0.2, 0.25) is 0 Å². The Kier molecular flexibility index (Phi) is 2.75. The van der Waals surface area contributed by atoms with Crippen molar-refractivity contribution < 1.29 is 4.79 Å². The minimum atomic E-state index is 0.0560. The Morgan fingerprint density at radius 2 is 1.82 bits per heavy atom. The van der Waals surface area contributed by atoms with Crippen LogP contribution in [0.4, 0.5) is 10.5 Å². The van der Waals surface area contributed by atoms with Crippen LogP contribution in [0.3, 0.4) is 0 Å². The average Bonchev–Trinajstić information content (AvgIpc) is 2.99. The Morgan fingerprint density at radius 1 is 1.06 bits per heavy atom. The molecule has 90 valence electrons. The molecule has 0 spiro atoms. The first-order valence-corrected chi connectivity index (χ1v) is 6.51. The number of amides is 2. The second kappa shape index (κ2) is 4.40. The maximum absolute atomic E-state index is 11.9. The summed E-state index contributed by atoms with van der Waals surface area (Å²) in [4.78, 5) is 13.8. The summed E-state index contributed by atoms with van der Waals surface area (Å²) in [6.45, 7) is 1.80. The first-order chi connectivity index (χ1) is 8.33. The lowest BCUT2D eigenvalue weighted by Crippen LogP contribution is -2.32. The highest BCUT2D eigenvalue weighted by atomic mass is 16.2. The van der Waals surface area contributed by atoms with Gasteiger partial charge >= 0.3 is 6.03 Å². The Labute approximate surface area is 102 Å². The van der Waals surface area contributed by atoms with Crippen molar-refractivity contribution in [2.45, 2.75) is 32.1 Å². The van der Waals surface area contributed by atoms with Crippen molar-refractivity contribution in [3.8, 4) is 0 Å². The Morgan fingerprint density at radius 3 is 2.65 bits per heavy atom. The highest BCUT2D eigenvalue weighted by molar-refractivity contribution is 5.89. The van der Waals surface area contributed by atoms with Crippen LogP contribution in [0.15, 0.2) is 18.2 Å². The molecule has 1 aromatic carbocycles. The first-order valence-electron chi connectivity index (χ1n) is 6.51. The molecule has 1 heterocycles. The average molecular weight is 230 g/mol. The smallest absolute Gasteiger partial charge is 0.321 e. The minimum Gasteiger partial charge on any atom is -0.325 e. The standard InChI is InChI=1S/C14H18N2O/c17-14(16-8-1-2-9-16)15-13-7-6-11-4-3-5-12(11)10-13/h6-7,10H,1-5,8-9H2,(H,15,17). The van der Waals surface area contributed by atoms with E-state index in [2.05, 4.69) is 17.4 Å². The number of carbonyl (C=O) groups is 1. The molecule has 1 N–H and O–H groups in total. The van der Waals surface area contributed by atoms with E-state index in [1.54, 1.807) is 0 Å². The summed E-state index contributed by atoms with van der Waals surface area (Å²) in [6, 6.07) is 6.37. The summed E-state index contributed by atoms with van der Waals surface area (Å²) in [6.07, 6.45) is 5.87. The van der Waals surface area contributed by atoms with Gasteiger partial charge in [0.1, 0.15) is 0 Å². The van der Waals surface area contributed by atoms with Gasteiger partial charge in [0.2, 0.25) is 0 Å². The molecule has 2 amide bonds. The summed E-state index contributed by atoms with van der Waals surface area (Å²) in [5.74, 6) is 0. The Balaban J connectivity index is 1.70. The molecule has 3 nitrogen and oxygen atoms in total. The van der Waals surface area contributed by atoms with E-state index in [4.69, 9.17) is 0 Å². The molecule has 0 radical (unpaired) electrons. The third-order valence-corrected chi connectivity index (χ3v) is 3.74. The number of anilines is 1. The van der Waals surface area contributed by atoms with Gasteiger partial charge in [-0.25, -0.2) is 4.79 Å². The summed E-state index contributed by atoms with van der Waals surface area (Å²) >= 11 is 0. The highest BCUT2D eigenvalue weighted by Crippen LogP contribution is 2.25. The molecule has 1 saturated heterocycles. The number of rotatable bonds is 1. The molecule has 2 aliphatic rings.